The molecule has 6 heteroatoms. The Kier molecular flexibility index (Phi) is 14.1. The molecule has 2 N–H and O–H groups in total. The first-order valence-corrected chi connectivity index (χ1v) is 9.73. The molecule has 0 aromatic heterocycles. The topological polar surface area (TPSA) is 67.4 Å². The zero-order chi connectivity index (χ0) is 22.9. The molecule has 0 fully saturated rings. The lowest BCUT2D eigenvalue weighted by molar-refractivity contribution is -0.124. The summed E-state index contributed by atoms with van der Waals surface area (Å²) in [7, 11) is 0. The summed E-state index contributed by atoms with van der Waals surface area (Å²) in [6, 6.07) is -0.140. The summed E-state index contributed by atoms with van der Waals surface area (Å²) in [6.07, 6.45) is 11.8. The average Bonchev–Trinajstić information content (AvgIpc) is 2.73. The normalized spacial score (nSPS) is 13.5. The minimum atomic E-state index is -0.423. The minimum absolute atomic E-state index is 0.140. The third-order valence-electron chi connectivity index (χ3n) is 3.92. The van der Waals surface area contributed by atoms with E-state index in [1.807, 2.05) is 26.8 Å². The van der Waals surface area contributed by atoms with E-state index < -0.39 is 5.83 Å². The van der Waals surface area contributed by atoms with E-state index in [2.05, 4.69) is 30.4 Å². The van der Waals surface area contributed by atoms with Crippen molar-refractivity contribution in [3.8, 4) is 0 Å². The van der Waals surface area contributed by atoms with Crippen LogP contribution >= 0.6 is 0 Å². The first-order chi connectivity index (χ1) is 14.2. The molecule has 0 aliphatic heterocycles. The molecule has 0 aliphatic carbocycles. The minimum Gasteiger partial charge on any atom is -0.484 e. The zero-order valence-corrected chi connectivity index (χ0v) is 18.2. The Bertz CT molecular complexity index is 746. The second-order valence-corrected chi connectivity index (χ2v) is 6.57. The fourth-order valence-corrected chi connectivity index (χ4v) is 2.03. The Labute approximate surface area is 179 Å². The summed E-state index contributed by atoms with van der Waals surface area (Å²) in [5.41, 5.74) is 1.36. The number of halogens is 1. The van der Waals surface area contributed by atoms with Crippen LogP contribution in [0.4, 0.5) is 4.39 Å². The van der Waals surface area contributed by atoms with Gasteiger partial charge in [0.25, 0.3) is 5.91 Å². The van der Waals surface area contributed by atoms with Crippen molar-refractivity contribution >= 4 is 11.8 Å². The fourth-order valence-electron chi connectivity index (χ4n) is 2.03. The molecule has 30 heavy (non-hydrogen) atoms. The van der Waals surface area contributed by atoms with Crippen LogP contribution in [-0.2, 0) is 14.3 Å². The first-order valence-electron chi connectivity index (χ1n) is 9.73. The van der Waals surface area contributed by atoms with Crippen LogP contribution in [-0.4, -0.2) is 31.0 Å². The van der Waals surface area contributed by atoms with E-state index in [1.165, 1.54) is 12.2 Å². The molecule has 5 nitrogen and oxygen atoms in total. The molecule has 0 aromatic carbocycles. The van der Waals surface area contributed by atoms with Crippen molar-refractivity contribution in [2.45, 2.75) is 39.7 Å². The van der Waals surface area contributed by atoms with Crippen LogP contribution in [0.25, 0.3) is 0 Å². The van der Waals surface area contributed by atoms with E-state index in [0.29, 0.717) is 24.2 Å². The summed E-state index contributed by atoms with van der Waals surface area (Å²) in [6.45, 7) is 16.5. The van der Waals surface area contributed by atoms with Gasteiger partial charge < -0.3 is 15.4 Å². The SMILES string of the molecule is C=C/C(F)=C\C=C\CC(C)NC(=O)C(=C)CCNC(=O)CO/C(C=C)=C/C(C)=C/C. The number of hydrogen-bond acceptors (Lipinski definition) is 3. The predicted molar refractivity (Wildman–Crippen MR) is 121 cm³/mol. The van der Waals surface area contributed by atoms with Gasteiger partial charge in [0.05, 0.1) is 0 Å². The first kappa shape index (κ1) is 26.9. The lowest BCUT2D eigenvalue weighted by atomic mass is 10.1. The summed E-state index contributed by atoms with van der Waals surface area (Å²) in [5.74, 6) is -0.496. The molecule has 1 unspecified atom stereocenters. The molecule has 0 bridgehead atoms. The average molecular weight is 417 g/mol. The number of hydrogen-bond donors (Lipinski definition) is 2. The predicted octanol–water partition coefficient (Wildman–Crippen LogP) is 4.59. The molecule has 0 saturated carbocycles. The summed E-state index contributed by atoms with van der Waals surface area (Å²) >= 11 is 0. The van der Waals surface area contributed by atoms with Gasteiger partial charge in [0.1, 0.15) is 11.6 Å². The molecule has 0 radical (unpaired) electrons. The van der Waals surface area contributed by atoms with Crippen molar-refractivity contribution < 1.29 is 18.7 Å². The molecule has 0 rings (SSSR count). The van der Waals surface area contributed by atoms with Gasteiger partial charge in [-0.1, -0.05) is 43.5 Å². The van der Waals surface area contributed by atoms with Crippen molar-refractivity contribution in [2.75, 3.05) is 13.2 Å². The molecule has 0 aliphatic rings. The van der Waals surface area contributed by atoms with Crippen molar-refractivity contribution in [3.63, 3.8) is 0 Å². The standard InChI is InChI=1S/C24H33FN2O3/c1-7-18(4)16-22(9-3)30-17-23(28)26-15-14-19(5)24(29)27-20(6)12-10-11-13-21(25)8-2/h7-11,13,16,20H,2-3,5,12,14-15,17H2,1,4,6H3,(H,26,28)(H,27,29)/b11-10+,18-7+,21-13+,22-16+. The molecule has 2 amide bonds. The van der Waals surface area contributed by atoms with Crippen LogP contribution in [0.5, 0.6) is 0 Å². The largest absolute Gasteiger partial charge is 0.484 e. The maximum Gasteiger partial charge on any atom is 0.257 e. The molecule has 1 atom stereocenters. The summed E-state index contributed by atoms with van der Waals surface area (Å²) < 4.78 is 18.3. The molecule has 0 aromatic rings. The lowest BCUT2D eigenvalue weighted by Crippen LogP contribution is -2.34. The molecule has 0 saturated heterocycles. The number of carbonyl (C=O) groups excluding carboxylic acids is 2. The van der Waals surface area contributed by atoms with Gasteiger partial charge >= 0.3 is 0 Å². The van der Waals surface area contributed by atoms with Crippen molar-refractivity contribution in [2.24, 2.45) is 0 Å². The Morgan fingerprint density at radius 1 is 1.23 bits per heavy atom. The van der Waals surface area contributed by atoms with E-state index in [-0.39, 0.29) is 31.0 Å². The third-order valence-corrected chi connectivity index (χ3v) is 3.92. The van der Waals surface area contributed by atoms with Crippen LogP contribution in [0.15, 0.2) is 85.0 Å². The van der Waals surface area contributed by atoms with Crippen LogP contribution in [0.3, 0.4) is 0 Å². The molecule has 0 spiro atoms. The van der Waals surface area contributed by atoms with E-state index in [4.69, 9.17) is 4.74 Å². The highest BCUT2D eigenvalue weighted by Gasteiger charge is 2.10. The fraction of sp³-hybridized carbons (Fsp3) is 0.333. The highest BCUT2D eigenvalue weighted by molar-refractivity contribution is 5.93. The van der Waals surface area contributed by atoms with Crippen LogP contribution < -0.4 is 10.6 Å². The number of amides is 2. The number of nitrogens with one attached hydrogen (secondary N) is 2. The van der Waals surface area contributed by atoms with Gasteiger partial charge in [0, 0.05) is 18.2 Å². The number of allylic oxidation sites excluding steroid dienone is 8. The number of ether oxygens (including phenoxy) is 1. The maximum atomic E-state index is 12.9. The van der Waals surface area contributed by atoms with E-state index in [0.717, 1.165) is 11.6 Å². The van der Waals surface area contributed by atoms with E-state index in [1.54, 1.807) is 18.2 Å². The van der Waals surface area contributed by atoms with E-state index in [9.17, 15) is 14.0 Å². The van der Waals surface area contributed by atoms with Crippen LogP contribution in [0.1, 0.15) is 33.6 Å². The van der Waals surface area contributed by atoms with Crippen LogP contribution in [0, 0.1) is 0 Å². The lowest BCUT2D eigenvalue weighted by Gasteiger charge is -2.13. The van der Waals surface area contributed by atoms with Crippen molar-refractivity contribution in [3.05, 3.63) is 85.0 Å². The quantitative estimate of drug-likeness (QED) is 0.247. The van der Waals surface area contributed by atoms with Gasteiger partial charge in [-0.3, -0.25) is 9.59 Å². The highest BCUT2D eigenvalue weighted by atomic mass is 19.1. The zero-order valence-electron chi connectivity index (χ0n) is 18.2. The molecule has 0 heterocycles. The van der Waals surface area contributed by atoms with Gasteiger partial charge in [-0.05, 0) is 57.9 Å². The Hall–Kier alpha value is -3.15. The number of rotatable bonds is 14. The molecule has 164 valence electrons. The summed E-state index contributed by atoms with van der Waals surface area (Å²) in [5, 5.41) is 5.49. The summed E-state index contributed by atoms with van der Waals surface area (Å²) in [4.78, 5) is 24.0. The second-order valence-electron chi connectivity index (χ2n) is 6.57. The maximum absolute atomic E-state index is 12.9. The van der Waals surface area contributed by atoms with Gasteiger partial charge in [-0.25, -0.2) is 4.39 Å². The highest BCUT2D eigenvalue weighted by Crippen LogP contribution is 2.05. The molecular formula is C24H33FN2O3. The smallest absolute Gasteiger partial charge is 0.257 e. The Morgan fingerprint density at radius 3 is 2.53 bits per heavy atom. The monoisotopic (exact) mass is 416 g/mol. The van der Waals surface area contributed by atoms with Gasteiger partial charge in [0.2, 0.25) is 5.91 Å². The number of carbonyl (C=O) groups is 2. The Balaban J connectivity index is 4.23. The third kappa shape index (κ3) is 13.1. The van der Waals surface area contributed by atoms with Gasteiger partial charge in [0.15, 0.2) is 6.61 Å². The van der Waals surface area contributed by atoms with Gasteiger partial charge in [-0.2, -0.15) is 0 Å². The van der Waals surface area contributed by atoms with Crippen LogP contribution in [0.2, 0.25) is 0 Å². The Morgan fingerprint density at radius 2 is 1.93 bits per heavy atom. The van der Waals surface area contributed by atoms with Crippen molar-refractivity contribution in [1.29, 1.82) is 0 Å². The van der Waals surface area contributed by atoms with E-state index >= 15 is 0 Å². The van der Waals surface area contributed by atoms with Gasteiger partial charge in [-0.15, -0.1) is 0 Å². The molecular weight excluding hydrogens is 383 g/mol. The van der Waals surface area contributed by atoms with Crippen molar-refractivity contribution in [1.82, 2.24) is 10.6 Å². The second kappa shape index (κ2) is 15.7.